The van der Waals surface area contributed by atoms with Gasteiger partial charge in [0.15, 0.2) is 0 Å². The number of hydrogen-bond donors (Lipinski definition) is 1. The van der Waals surface area contributed by atoms with Gasteiger partial charge < -0.3 is 9.88 Å². The minimum Gasteiger partial charge on any atom is -0.356 e. The molecule has 4 heteroatoms. The maximum Gasteiger partial charge on any atom is 0.225 e. The number of rotatable bonds is 8. The molecule has 0 saturated heterocycles. The van der Waals surface area contributed by atoms with Crippen LogP contribution < -0.4 is 5.32 Å². The number of nitrogens with one attached hydrogen (secondary N) is 1. The molecule has 0 aliphatic rings. The van der Waals surface area contributed by atoms with Gasteiger partial charge in [0.05, 0.1) is 11.0 Å². The van der Waals surface area contributed by atoms with Crippen molar-refractivity contribution in [2.75, 3.05) is 6.54 Å². The van der Waals surface area contributed by atoms with E-state index in [9.17, 15) is 4.79 Å². The molecule has 0 radical (unpaired) electrons. The molecule has 0 unspecified atom stereocenters. The van der Waals surface area contributed by atoms with Gasteiger partial charge in [-0.2, -0.15) is 0 Å². The van der Waals surface area contributed by atoms with Gasteiger partial charge in [-0.15, -0.1) is 0 Å². The molecule has 0 saturated carbocycles. The van der Waals surface area contributed by atoms with E-state index in [0.29, 0.717) is 0 Å². The van der Waals surface area contributed by atoms with Crippen LogP contribution in [0, 0.1) is 5.41 Å². The lowest BCUT2D eigenvalue weighted by molar-refractivity contribution is -0.128. The molecule has 0 fully saturated rings. The lowest BCUT2D eigenvalue weighted by atomic mass is 9.96. The summed E-state index contributed by atoms with van der Waals surface area (Å²) in [6.45, 7) is 9.83. The highest BCUT2D eigenvalue weighted by Gasteiger charge is 2.20. The zero-order chi connectivity index (χ0) is 17.6. The summed E-state index contributed by atoms with van der Waals surface area (Å²) >= 11 is 0. The van der Waals surface area contributed by atoms with Crippen LogP contribution in [0.2, 0.25) is 0 Å². The van der Waals surface area contributed by atoms with Gasteiger partial charge in [-0.25, -0.2) is 4.98 Å². The van der Waals surface area contributed by atoms with Crippen molar-refractivity contribution in [1.82, 2.24) is 14.9 Å². The third-order valence-electron chi connectivity index (χ3n) is 4.22. The SMILES string of the molecule is CCCn1c(CCCCCNC(=O)C(C)(C)C)nc2ccccc21. The second-order valence-electron chi connectivity index (χ2n) is 7.48. The van der Waals surface area contributed by atoms with Gasteiger partial charge in [-0.1, -0.05) is 46.2 Å². The summed E-state index contributed by atoms with van der Waals surface area (Å²) in [7, 11) is 0. The van der Waals surface area contributed by atoms with E-state index in [1.165, 1.54) is 11.3 Å². The van der Waals surface area contributed by atoms with E-state index < -0.39 is 0 Å². The number of imidazole rings is 1. The number of aromatic nitrogens is 2. The highest BCUT2D eigenvalue weighted by atomic mass is 16.2. The van der Waals surface area contributed by atoms with Gasteiger partial charge in [0.25, 0.3) is 0 Å². The van der Waals surface area contributed by atoms with Crippen molar-refractivity contribution in [2.24, 2.45) is 5.41 Å². The van der Waals surface area contributed by atoms with Crippen molar-refractivity contribution in [2.45, 2.75) is 66.3 Å². The first-order valence-electron chi connectivity index (χ1n) is 9.16. The Hall–Kier alpha value is -1.84. The molecule has 1 heterocycles. The van der Waals surface area contributed by atoms with Crippen LogP contribution in [0.3, 0.4) is 0 Å². The highest BCUT2D eigenvalue weighted by Crippen LogP contribution is 2.18. The maximum atomic E-state index is 11.8. The van der Waals surface area contributed by atoms with Crippen LogP contribution in [0.1, 0.15) is 59.2 Å². The molecule has 0 atom stereocenters. The minimum atomic E-state index is -0.301. The summed E-state index contributed by atoms with van der Waals surface area (Å²) in [4.78, 5) is 16.6. The van der Waals surface area contributed by atoms with E-state index >= 15 is 0 Å². The van der Waals surface area contributed by atoms with Crippen LogP contribution in [0.5, 0.6) is 0 Å². The molecule has 1 aromatic carbocycles. The fourth-order valence-corrected chi connectivity index (χ4v) is 2.84. The fourth-order valence-electron chi connectivity index (χ4n) is 2.84. The lowest BCUT2D eigenvalue weighted by Gasteiger charge is -2.17. The second-order valence-corrected chi connectivity index (χ2v) is 7.48. The Labute approximate surface area is 145 Å². The molecule has 0 bridgehead atoms. The van der Waals surface area contributed by atoms with E-state index in [4.69, 9.17) is 4.98 Å². The molecule has 1 N–H and O–H groups in total. The van der Waals surface area contributed by atoms with Crippen LogP contribution in [0.4, 0.5) is 0 Å². The molecular weight excluding hydrogens is 298 g/mol. The molecule has 0 aliphatic heterocycles. The molecule has 0 spiro atoms. The van der Waals surface area contributed by atoms with Crippen molar-refractivity contribution in [1.29, 1.82) is 0 Å². The summed E-state index contributed by atoms with van der Waals surface area (Å²) in [6.07, 6.45) is 5.36. The number of para-hydroxylation sites is 2. The second kappa shape index (κ2) is 8.32. The smallest absolute Gasteiger partial charge is 0.225 e. The van der Waals surface area contributed by atoms with Gasteiger partial charge in [-0.05, 0) is 31.4 Å². The van der Waals surface area contributed by atoms with Crippen molar-refractivity contribution in [3.63, 3.8) is 0 Å². The summed E-state index contributed by atoms with van der Waals surface area (Å²) in [5, 5.41) is 3.01. The number of nitrogens with zero attached hydrogens (tertiary/aromatic N) is 2. The van der Waals surface area contributed by atoms with E-state index in [1.807, 2.05) is 26.8 Å². The molecular formula is C20H31N3O. The van der Waals surface area contributed by atoms with Crippen molar-refractivity contribution >= 4 is 16.9 Å². The zero-order valence-electron chi connectivity index (χ0n) is 15.6. The van der Waals surface area contributed by atoms with Gasteiger partial charge in [0.2, 0.25) is 5.91 Å². The number of fused-ring (bicyclic) bond motifs is 1. The lowest BCUT2D eigenvalue weighted by Crippen LogP contribution is -2.35. The van der Waals surface area contributed by atoms with Crippen LogP contribution in [0.25, 0.3) is 11.0 Å². The first-order chi connectivity index (χ1) is 11.4. The zero-order valence-corrected chi connectivity index (χ0v) is 15.6. The Bertz CT molecular complexity index is 667. The van der Waals surface area contributed by atoms with Crippen LogP contribution in [-0.2, 0) is 17.8 Å². The third-order valence-corrected chi connectivity index (χ3v) is 4.22. The van der Waals surface area contributed by atoms with E-state index in [-0.39, 0.29) is 11.3 Å². The first kappa shape index (κ1) is 18.5. The van der Waals surface area contributed by atoms with Crippen molar-refractivity contribution < 1.29 is 4.79 Å². The molecule has 132 valence electrons. The van der Waals surface area contributed by atoms with Crippen molar-refractivity contribution in [3.05, 3.63) is 30.1 Å². The third kappa shape index (κ3) is 4.83. The standard InChI is InChI=1S/C20H31N3O/c1-5-15-23-17-12-9-8-11-16(17)22-18(23)13-7-6-10-14-21-19(24)20(2,3)4/h8-9,11-12H,5-7,10,13-15H2,1-4H3,(H,21,24). The summed E-state index contributed by atoms with van der Waals surface area (Å²) in [6, 6.07) is 8.38. The van der Waals surface area contributed by atoms with E-state index in [1.54, 1.807) is 0 Å². The van der Waals surface area contributed by atoms with Crippen LogP contribution in [-0.4, -0.2) is 22.0 Å². The average molecular weight is 329 g/mol. The summed E-state index contributed by atoms with van der Waals surface area (Å²) in [5.74, 6) is 1.32. The van der Waals surface area contributed by atoms with E-state index in [0.717, 1.165) is 50.7 Å². The topological polar surface area (TPSA) is 46.9 Å². The predicted octanol–water partition coefficient (Wildman–Crippen LogP) is 4.32. The summed E-state index contributed by atoms with van der Waals surface area (Å²) < 4.78 is 2.36. The van der Waals surface area contributed by atoms with Crippen molar-refractivity contribution in [3.8, 4) is 0 Å². The Kier molecular flexibility index (Phi) is 6.41. The minimum absolute atomic E-state index is 0.132. The molecule has 1 amide bonds. The van der Waals surface area contributed by atoms with E-state index in [2.05, 4.69) is 35.0 Å². The van der Waals surface area contributed by atoms with Crippen LogP contribution in [0.15, 0.2) is 24.3 Å². The highest BCUT2D eigenvalue weighted by molar-refractivity contribution is 5.81. The van der Waals surface area contributed by atoms with Gasteiger partial charge in [-0.3, -0.25) is 4.79 Å². The average Bonchev–Trinajstić information content (AvgIpc) is 2.88. The Morgan fingerprint density at radius 2 is 1.92 bits per heavy atom. The molecule has 24 heavy (non-hydrogen) atoms. The molecule has 2 aromatic rings. The Morgan fingerprint density at radius 1 is 1.17 bits per heavy atom. The van der Waals surface area contributed by atoms with Gasteiger partial charge in [0, 0.05) is 24.9 Å². The number of carbonyl (C=O) groups excluding carboxylic acids is 1. The molecule has 1 aromatic heterocycles. The number of hydrogen-bond acceptors (Lipinski definition) is 2. The largest absolute Gasteiger partial charge is 0.356 e. The Balaban J connectivity index is 1.81. The van der Waals surface area contributed by atoms with Gasteiger partial charge >= 0.3 is 0 Å². The quantitative estimate of drug-likeness (QED) is 0.733. The first-order valence-corrected chi connectivity index (χ1v) is 9.16. The van der Waals surface area contributed by atoms with Crippen LogP contribution >= 0.6 is 0 Å². The normalized spacial score (nSPS) is 11.8. The monoisotopic (exact) mass is 329 g/mol. The summed E-state index contributed by atoms with van der Waals surface area (Å²) in [5.41, 5.74) is 2.04. The number of amides is 1. The Morgan fingerprint density at radius 3 is 2.62 bits per heavy atom. The molecule has 0 aliphatic carbocycles. The molecule has 4 nitrogen and oxygen atoms in total. The molecule has 2 rings (SSSR count). The fraction of sp³-hybridized carbons (Fsp3) is 0.600. The number of carbonyl (C=O) groups is 1. The number of aryl methyl sites for hydroxylation is 2. The maximum absolute atomic E-state index is 11.8. The number of benzene rings is 1. The predicted molar refractivity (Wildman–Crippen MR) is 100 cm³/mol. The van der Waals surface area contributed by atoms with Gasteiger partial charge in [0.1, 0.15) is 5.82 Å². The number of unbranched alkanes of at least 4 members (excludes halogenated alkanes) is 2.